The van der Waals surface area contributed by atoms with Gasteiger partial charge in [0, 0.05) is 18.3 Å². The molecule has 0 aliphatic rings. The van der Waals surface area contributed by atoms with Crippen LogP contribution in [-0.2, 0) is 0 Å². The maximum atomic E-state index is 5.50. The lowest BCUT2D eigenvalue weighted by Crippen LogP contribution is -2.03. The van der Waals surface area contributed by atoms with Crippen LogP contribution in [0, 0.1) is 0 Å². The van der Waals surface area contributed by atoms with Crippen molar-refractivity contribution in [2.45, 2.75) is 0 Å². The van der Waals surface area contributed by atoms with E-state index in [4.69, 9.17) is 12.2 Å². The predicted molar refractivity (Wildman–Crippen MR) is 73.2 cm³/mol. The van der Waals surface area contributed by atoms with Crippen molar-refractivity contribution in [3.63, 3.8) is 0 Å². The average Bonchev–Trinajstić information content (AvgIpc) is 2.39. The molecule has 0 aromatic heterocycles. The minimum absolute atomic E-state index is 0.880. The summed E-state index contributed by atoms with van der Waals surface area (Å²) in [6.07, 6.45) is 0. The molecule has 0 aliphatic heterocycles. The lowest BCUT2D eigenvalue weighted by Gasteiger charge is -2.09. The van der Waals surface area contributed by atoms with Gasteiger partial charge in [0.2, 0.25) is 0 Å². The van der Waals surface area contributed by atoms with Crippen LogP contribution in [0.3, 0.4) is 0 Å². The molecule has 0 amide bonds. The Bertz CT molecular complexity index is 491. The fourth-order valence-corrected chi connectivity index (χ4v) is 1.96. The van der Waals surface area contributed by atoms with E-state index in [1.54, 1.807) is 0 Å². The summed E-state index contributed by atoms with van der Waals surface area (Å²) >= 11 is 5.50. The van der Waals surface area contributed by atoms with Crippen molar-refractivity contribution in [1.82, 2.24) is 0 Å². The van der Waals surface area contributed by atoms with Gasteiger partial charge in [0.25, 0.3) is 0 Å². The second-order valence-electron chi connectivity index (χ2n) is 3.49. The third-order valence-electron chi connectivity index (χ3n) is 2.48. The van der Waals surface area contributed by atoms with E-state index in [2.05, 4.69) is 5.32 Å². The molecule has 0 bridgehead atoms. The number of anilines is 1. The summed E-state index contributed by atoms with van der Waals surface area (Å²) in [5, 5.41) is 3.16. The van der Waals surface area contributed by atoms with Crippen LogP contribution in [0.25, 0.3) is 0 Å². The van der Waals surface area contributed by atoms with E-state index < -0.39 is 0 Å². The standard InChI is InChI=1S/C14H13NS/c1-15-13-10-6-5-9-12(13)14(16)11-7-3-2-4-8-11/h2-10,15H,1H3. The number of thiocarbonyl (C=S) groups is 1. The molecule has 2 aromatic rings. The second kappa shape index (κ2) is 4.90. The molecule has 0 fully saturated rings. The summed E-state index contributed by atoms with van der Waals surface area (Å²) in [6.45, 7) is 0. The van der Waals surface area contributed by atoms with Crippen molar-refractivity contribution in [1.29, 1.82) is 0 Å². The van der Waals surface area contributed by atoms with E-state index in [1.807, 2.05) is 61.6 Å². The molecule has 0 saturated heterocycles. The fourth-order valence-electron chi connectivity index (χ4n) is 1.64. The van der Waals surface area contributed by atoms with Crippen molar-refractivity contribution in [2.24, 2.45) is 0 Å². The molecule has 2 rings (SSSR count). The summed E-state index contributed by atoms with van der Waals surface area (Å²) in [6, 6.07) is 18.2. The molecule has 0 spiro atoms. The van der Waals surface area contributed by atoms with Crippen LogP contribution >= 0.6 is 12.2 Å². The molecule has 0 radical (unpaired) electrons. The van der Waals surface area contributed by atoms with Crippen LogP contribution in [0.2, 0.25) is 0 Å². The molecular weight excluding hydrogens is 214 g/mol. The zero-order valence-electron chi connectivity index (χ0n) is 9.10. The van der Waals surface area contributed by atoms with E-state index in [1.165, 1.54) is 0 Å². The molecule has 0 aliphatic carbocycles. The van der Waals surface area contributed by atoms with Gasteiger partial charge in [0.15, 0.2) is 0 Å². The predicted octanol–water partition coefficient (Wildman–Crippen LogP) is 3.49. The van der Waals surface area contributed by atoms with Crippen LogP contribution in [0.5, 0.6) is 0 Å². The van der Waals surface area contributed by atoms with Gasteiger partial charge in [0.05, 0.1) is 4.86 Å². The number of hydrogen-bond acceptors (Lipinski definition) is 2. The first-order valence-corrected chi connectivity index (χ1v) is 5.60. The van der Waals surface area contributed by atoms with Gasteiger partial charge in [-0.1, -0.05) is 60.7 Å². The topological polar surface area (TPSA) is 12.0 Å². The number of rotatable bonds is 3. The van der Waals surface area contributed by atoms with E-state index in [0.717, 1.165) is 21.7 Å². The lowest BCUT2D eigenvalue weighted by molar-refractivity contribution is 1.49. The number of para-hydroxylation sites is 1. The van der Waals surface area contributed by atoms with Gasteiger partial charge in [-0.2, -0.15) is 0 Å². The molecule has 0 saturated carbocycles. The summed E-state index contributed by atoms with van der Waals surface area (Å²) in [4.78, 5) is 0.880. The maximum absolute atomic E-state index is 5.50. The number of hydrogen-bond donors (Lipinski definition) is 1. The van der Waals surface area contributed by atoms with Crippen molar-refractivity contribution in [3.05, 3.63) is 65.7 Å². The Morgan fingerprint density at radius 1 is 0.938 bits per heavy atom. The Morgan fingerprint density at radius 3 is 2.25 bits per heavy atom. The van der Waals surface area contributed by atoms with Gasteiger partial charge >= 0.3 is 0 Å². The first-order chi connectivity index (χ1) is 7.83. The minimum Gasteiger partial charge on any atom is -0.388 e. The van der Waals surface area contributed by atoms with Crippen molar-refractivity contribution in [3.8, 4) is 0 Å². The second-order valence-corrected chi connectivity index (χ2v) is 3.90. The monoisotopic (exact) mass is 227 g/mol. The zero-order chi connectivity index (χ0) is 11.4. The first-order valence-electron chi connectivity index (χ1n) is 5.19. The first kappa shape index (κ1) is 10.8. The van der Waals surface area contributed by atoms with E-state index in [0.29, 0.717) is 0 Å². The van der Waals surface area contributed by atoms with Gasteiger partial charge in [-0.25, -0.2) is 0 Å². The Kier molecular flexibility index (Phi) is 3.32. The largest absolute Gasteiger partial charge is 0.388 e. The van der Waals surface area contributed by atoms with Gasteiger partial charge in [-0.3, -0.25) is 0 Å². The normalized spacial score (nSPS) is 9.81. The van der Waals surface area contributed by atoms with E-state index in [9.17, 15) is 0 Å². The highest BCUT2D eigenvalue weighted by atomic mass is 32.1. The summed E-state index contributed by atoms with van der Waals surface area (Å²) < 4.78 is 0. The Morgan fingerprint density at radius 2 is 1.56 bits per heavy atom. The molecule has 16 heavy (non-hydrogen) atoms. The summed E-state index contributed by atoms with van der Waals surface area (Å²) in [5.74, 6) is 0. The zero-order valence-corrected chi connectivity index (χ0v) is 9.92. The summed E-state index contributed by atoms with van der Waals surface area (Å²) in [5.41, 5.74) is 3.22. The lowest BCUT2D eigenvalue weighted by atomic mass is 10.0. The highest BCUT2D eigenvalue weighted by Gasteiger charge is 2.07. The van der Waals surface area contributed by atoms with Crippen LogP contribution in [0.1, 0.15) is 11.1 Å². The smallest absolute Gasteiger partial charge is 0.0542 e. The van der Waals surface area contributed by atoms with Crippen LogP contribution in [-0.4, -0.2) is 11.9 Å². The molecule has 1 N–H and O–H groups in total. The van der Waals surface area contributed by atoms with Crippen molar-refractivity contribution >= 4 is 22.8 Å². The van der Waals surface area contributed by atoms with Crippen LogP contribution in [0.15, 0.2) is 54.6 Å². The fraction of sp³-hybridized carbons (Fsp3) is 0.0714. The maximum Gasteiger partial charge on any atom is 0.0542 e. The van der Waals surface area contributed by atoms with Crippen LogP contribution in [0.4, 0.5) is 5.69 Å². The van der Waals surface area contributed by atoms with Crippen LogP contribution < -0.4 is 5.32 Å². The molecule has 2 heteroatoms. The molecule has 1 nitrogen and oxygen atoms in total. The number of nitrogens with one attached hydrogen (secondary N) is 1. The minimum atomic E-state index is 0.880. The Hall–Kier alpha value is -1.67. The van der Waals surface area contributed by atoms with Gasteiger partial charge < -0.3 is 5.32 Å². The SMILES string of the molecule is CNc1ccccc1C(=S)c1ccccc1. The number of benzene rings is 2. The van der Waals surface area contributed by atoms with Gasteiger partial charge in [0.1, 0.15) is 0 Å². The highest BCUT2D eigenvalue weighted by Crippen LogP contribution is 2.19. The molecule has 0 heterocycles. The van der Waals surface area contributed by atoms with Crippen molar-refractivity contribution in [2.75, 3.05) is 12.4 Å². The Labute approximate surface area is 101 Å². The quantitative estimate of drug-likeness (QED) is 0.636. The third kappa shape index (κ3) is 2.12. The molecule has 0 atom stereocenters. The average molecular weight is 227 g/mol. The molecule has 80 valence electrons. The Balaban J connectivity index is 2.42. The van der Waals surface area contributed by atoms with E-state index in [-0.39, 0.29) is 0 Å². The van der Waals surface area contributed by atoms with Gasteiger partial charge in [-0.05, 0) is 11.6 Å². The van der Waals surface area contributed by atoms with Crippen molar-refractivity contribution < 1.29 is 0 Å². The third-order valence-corrected chi connectivity index (χ3v) is 2.93. The molecule has 2 aromatic carbocycles. The molecular formula is C14H13NS. The van der Waals surface area contributed by atoms with Gasteiger partial charge in [-0.15, -0.1) is 0 Å². The summed E-state index contributed by atoms with van der Waals surface area (Å²) in [7, 11) is 1.91. The molecule has 0 unspecified atom stereocenters. The highest BCUT2D eigenvalue weighted by molar-refractivity contribution is 7.81. The van der Waals surface area contributed by atoms with E-state index >= 15 is 0 Å².